The standard InChI is InChI=1S/C20H34N4O.HI/c1-3-21-20(23-16-18-10-8-14-24(4-2)17-18)22-13-9-15-25-19-11-6-5-7-12-19;/h5-7,11-12,18H,3-4,8-10,13-17H2,1-2H3,(H2,21,22,23);1H. The molecule has 1 heterocycles. The van der Waals surface area contributed by atoms with Crippen LogP contribution in [0.4, 0.5) is 0 Å². The Morgan fingerprint density at radius 2 is 2.04 bits per heavy atom. The lowest BCUT2D eigenvalue weighted by Crippen LogP contribution is -2.40. The fraction of sp³-hybridized carbons (Fsp3) is 0.650. The fourth-order valence-electron chi connectivity index (χ4n) is 3.14. The lowest BCUT2D eigenvalue weighted by atomic mass is 9.98. The molecule has 1 atom stereocenters. The van der Waals surface area contributed by atoms with Crippen molar-refractivity contribution in [1.29, 1.82) is 0 Å². The minimum Gasteiger partial charge on any atom is -0.494 e. The van der Waals surface area contributed by atoms with Gasteiger partial charge in [-0.3, -0.25) is 4.99 Å². The summed E-state index contributed by atoms with van der Waals surface area (Å²) in [5, 5.41) is 6.76. The van der Waals surface area contributed by atoms with Gasteiger partial charge in [-0.25, -0.2) is 0 Å². The number of para-hydroxylation sites is 1. The van der Waals surface area contributed by atoms with Gasteiger partial charge < -0.3 is 20.3 Å². The number of rotatable bonds is 9. The van der Waals surface area contributed by atoms with Gasteiger partial charge in [-0.1, -0.05) is 25.1 Å². The van der Waals surface area contributed by atoms with Crippen LogP contribution in [0, 0.1) is 5.92 Å². The Kier molecular flexibility index (Phi) is 12.5. The van der Waals surface area contributed by atoms with E-state index in [1.54, 1.807) is 0 Å². The molecular formula is C20H35IN4O. The molecular weight excluding hydrogens is 439 g/mol. The first kappa shape index (κ1) is 23.0. The zero-order valence-corrected chi connectivity index (χ0v) is 18.6. The van der Waals surface area contributed by atoms with Crippen molar-refractivity contribution in [3.8, 4) is 5.75 Å². The quantitative estimate of drug-likeness (QED) is 0.250. The Morgan fingerprint density at radius 3 is 2.77 bits per heavy atom. The molecule has 1 aliphatic heterocycles. The highest BCUT2D eigenvalue weighted by atomic mass is 127. The van der Waals surface area contributed by atoms with Crippen LogP contribution in [0.3, 0.4) is 0 Å². The smallest absolute Gasteiger partial charge is 0.191 e. The number of piperidine rings is 1. The molecule has 1 aromatic carbocycles. The molecule has 5 nitrogen and oxygen atoms in total. The second-order valence-corrected chi connectivity index (χ2v) is 6.56. The van der Waals surface area contributed by atoms with Crippen LogP contribution in [0.15, 0.2) is 35.3 Å². The van der Waals surface area contributed by atoms with Crippen LogP contribution >= 0.6 is 24.0 Å². The summed E-state index contributed by atoms with van der Waals surface area (Å²) < 4.78 is 5.72. The van der Waals surface area contributed by atoms with Crippen LogP contribution in [0.5, 0.6) is 5.75 Å². The van der Waals surface area contributed by atoms with Crippen molar-refractivity contribution in [3.05, 3.63) is 30.3 Å². The maximum Gasteiger partial charge on any atom is 0.191 e. The van der Waals surface area contributed by atoms with Crippen LogP contribution < -0.4 is 15.4 Å². The van der Waals surface area contributed by atoms with Crippen LogP contribution in [0.25, 0.3) is 0 Å². The normalized spacial score (nSPS) is 18.1. The summed E-state index contributed by atoms with van der Waals surface area (Å²) in [5.41, 5.74) is 0. The summed E-state index contributed by atoms with van der Waals surface area (Å²) in [6, 6.07) is 9.97. The summed E-state index contributed by atoms with van der Waals surface area (Å²) in [5.74, 6) is 2.54. The molecule has 0 saturated carbocycles. The van der Waals surface area contributed by atoms with E-state index in [9.17, 15) is 0 Å². The van der Waals surface area contributed by atoms with Gasteiger partial charge in [-0.15, -0.1) is 24.0 Å². The second kappa shape index (κ2) is 14.1. The van der Waals surface area contributed by atoms with E-state index in [2.05, 4.69) is 29.4 Å². The maximum absolute atomic E-state index is 5.72. The van der Waals surface area contributed by atoms with E-state index < -0.39 is 0 Å². The van der Waals surface area contributed by atoms with Gasteiger partial charge in [0.25, 0.3) is 0 Å². The molecule has 0 radical (unpaired) electrons. The fourth-order valence-corrected chi connectivity index (χ4v) is 3.14. The first-order valence-electron chi connectivity index (χ1n) is 9.74. The molecule has 1 unspecified atom stereocenters. The molecule has 1 aliphatic rings. The first-order chi connectivity index (χ1) is 12.3. The lowest BCUT2D eigenvalue weighted by Gasteiger charge is -2.31. The highest BCUT2D eigenvalue weighted by molar-refractivity contribution is 14.0. The van der Waals surface area contributed by atoms with Gasteiger partial charge in [0.1, 0.15) is 5.75 Å². The molecule has 6 heteroatoms. The molecule has 148 valence electrons. The maximum atomic E-state index is 5.72. The SMILES string of the molecule is CCNC(=NCC1CCCN(CC)C1)NCCCOc1ccccc1.I. The number of ether oxygens (including phenoxy) is 1. The van der Waals surface area contributed by atoms with Gasteiger partial charge in [-0.2, -0.15) is 0 Å². The average Bonchev–Trinajstić information content (AvgIpc) is 2.66. The molecule has 1 aromatic rings. The zero-order valence-electron chi connectivity index (χ0n) is 16.2. The number of likely N-dealkylation sites (tertiary alicyclic amines) is 1. The molecule has 1 fully saturated rings. The van der Waals surface area contributed by atoms with Gasteiger partial charge in [0.2, 0.25) is 0 Å². The van der Waals surface area contributed by atoms with Crippen molar-refractivity contribution in [2.75, 3.05) is 45.9 Å². The minimum atomic E-state index is 0. The third kappa shape index (κ3) is 9.07. The van der Waals surface area contributed by atoms with E-state index in [-0.39, 0.29) is 24.0 Å². The zero-order chi connectivity index (χ0) is 17.7. The number of aliphatic imine (C=N–C) groups is 1. The van der Waals surface area contributed by atoms with E-state index in [4.69, 9.17) is 9.73 Å². The van der Waals surface area contributed by atoms with Gasteiger partial charge in [0.15, 0.2) is 5.96 Å². The number of nitrogens with one attached hydrogen (secondary N) is 2. The Bertz CT molecular complexity index is 498. The highest BCUT2D eigenvalue weighted by Gasteiger charge is 2.18. The van der Waals surface area contributed by atoms with E-state index in [1.807, 2.05) is 30.3 Å². The van der Waals surface area contributed by atoms with Crippen LogP contribution in [-0.4, -0.2) is 56.7 Å². The summed E-state index contributed by atoms with van der Waals surface area (Å²) >= 11 is 0. The number of benzene rings is 1. The molecule has 0 aliphatic carbocycles. The van der Waals surface area contributed by atoms with E-state index >= 15 is 0 Å². The third-order valence-electron chi connectivity index (χ3n) is 4.53. The summed E-state index contributed by atoms with van der Waals surface area (Å²) in [6.45, 7) is 11.3. The van der Waals surface area contributed by atoms with Crippen molar-refractivity contribution in [2.45, 2.75) is 33.1 Å². The first-order valence-corrected chi connectivity index (χ1v) is 9.74. The summed E-state index contributed by atoms with van der Waals surface area (Å²) in [7, 11) is 0. The molecule has 26 heavy (non-hydrogen) atoms. The minimum absolute atomic E-state index is 0. The van der Waals surface area contributed by atoms with Crippen molar-refractivity contribution < 1.29 is 4.74 Å². The Morgan fingerprint density at radius 1 is 1.23 bits per heavy atom. The predicted octanol–water partition coefficient (Wildman–Crippen LogP) is 3.36. The van der Waals surface area contributed by atoms with Gasteiger partial charge in [-0.05, 0) is 57.3 Å². The molecule has 0 spiro atoms. The molecule has 0 aromatic heterocycles. The second-order valence-electron chi connectivity index (χ2n) is 6.56. The topological polar surface area (TPSA) is 48.9 Å². The summed E-state index contributed by atoms with van der Waals surface area (Å²) in [4.78, 5) is 7.32. The van der Waals surface area contributed by atoms with E-state index in [0.29, 0.717) is 12.5 Å². The Labute approximate surface area is 176 Å². The predicted molar refractivity (Wildman–Crippen MR) is 121 cm³/mol. The average molecular weight is 474 g/mol. The summed E-state index contributed by atoms with van der Waals surface area (Å²) in [6.07, 6.45) is 3.55. The molecule has 2 rings (SSSR count). The third-order valence-corrected chi connectivity index (χ3v) is 4.53. The molecule has 2 N–H and O–H groups in total. The van der Waals surface area contributed by atoms with E-state index in [1.165, 1.54) is 25.9 Å². The number of guanidine groups is 1. The van der Waals surface area contributed by atoms with Gasteiger partial charge in [0, 0.05) is 26.2 Å². The number of halogens is 1. The lowest BCUT2D eigenvalue weighted by molar-refractivity contribution is 0.186. The highest BCUT2D eigenvalue weighted by Crippen LogP contribution is 2.16. The van der Waals surface area contributed by atoms with E-state index in [0.717, 1.165) is 44.3 Å². The van der Waals surface area contributed by atoms with Crippen LogP contribution in [-0.2, 0) is 0 Å². The van der Waals surface area contributed by atoms with Gasteiger partial charge >= 0.3 is 0 Å². The van der Waals surface area contributed by atoms with Crippen molar-refractivity contribution in [2.24, 2.45) is 10.9 Å². The van der Waals surface area contributed by atoms with Crippen LogP contribution in [0.1, 0.15) is 33.1 Å². The van der Waals surface area contributed by atoms with Crippen molar-refractivity contribution in [1.82, 2.24) is 15.5 Å². The van der Waals surface area contributed by atoms with Crippen molar-refractivity contribution in [3.63, 3.8) is 0 Å². The molecule has 0 bridgehead atoms. The number of hydrogen-bond donors (Lipinski definition) is 2. The largest absolute Gasteiger partial charge is 0.494 e. The molecule has 0 amide bonds. The monoisotopic (exact) mass is 474 g/mol. The number of nitrogens with zero attached hydrogens (tertiary/aromatic N) is 2. The molecule has 1 saturated heterocycles. The van der Waals surface area contributed by atoms with Crippen molar-refractivity contribution >= 4 is 29.9 Å². The van der Waals surface area contributed by atoms with Gasteiger partial charge in [0.05, 0.1) is 6.61 Å². The number of hydrogen-bond acceptors (Lipinski definition) is 3. The Balaban J connectivity index is 0.00000338. The van der Waals surface area contributed by atoms with Crippen LogP contribution in [0.2, 0.25) is 0 Å². The Hall–Kier alpha value is -1.02.